The molecule has 1 aliphatic heterocycles. The lowest BCUT2D eigenvalue weighted by Gasteiger charge is -2.22. The van der Waals surface area contributed by atoms with Gasteiger partial charge in [-0.2, -0.15) is 0 Å². The predicted molar refractivity (Wildman–Crippen MR) is 63.9 cm³/mol. The van der Waals surface area contributed by atoms with E-state index < -0.39 is 0 Å². The number of rotatable bonds is 3. The summed E-state index contributed by atoms with van der Waals surface area (Å²) in [5.41, 5.74) is 10.6. The highest BCUT2D eigenvalue weighted by Crippen LogP contribution is 2.20. The molecule has 1 aromatic carbocycles. The van der Waals surface area contributed by atoms with Crippen molar-refractivity contribution in [2.24, 2.45) is 5.73 Å². The predicted octanol–water partition coefficient (Wildman–Crippen LogP) is 0.818. The molecule has 0 saturated carbocycles. The molecule has 0 aliphatic carbocycles. The molecule has 3 N–H and O–H groups in total. The smallest absolute Gasteiger partial charge is 0.240 e. The number of nitrogens with zero attached hydrogens (tertiary/aromatic N) is 1. The topological polar surface area (TPSA) is 58.4 Å². The molecule has 0 radical (unpaired) electrons. The highest BCUT2D eigenvalue weighted by Gasteiger charge is 2.26. The number of hydrogen-bond donors (Lipinski definition) is 2. The van der Waals surface area contributed by atoms with Crippen molar-refractivity contribution in [3.63, 3.8) is 0 Å². The molecule has 1 saturated heterocycles. The number of anilines is 1. The van der Waals surface area contributed by atoms with E-state index in [2.05, 4.69) is 17.6 Å². The Morgan fingerprint density at radius 2 is 2.12 bits per heavy atom. The maximum absolute atomic E-state index is 11.2. The molecular formula is C12H17N3O. The first-order valence-electron chi connectivity index (χ1n) is 5.58. The molecule has 1 aromatic rings. The Morgan fingerprint density at radius 1 is 1.44 bits per heavy atom. The summed E-state index contributed by atoms with van der Waals surface area (Å²) in [6.45, 7) is 2.70. The number of nitrogens with two attached hydrogens (primary N) is 1. The molecule has 16 heavy (non-hydrogen) atoms. The van der Waals surface area contributed by atoms with E-state index in [-0.39, 0.29) is 11.9 Å². The van der Waals surface area contributed by atoms with Crippen molar-refractivity contribution < 1.29 is 4.79 Å². The zero-order chi connectivity index (χ0) is 11.5. The SMILES string of the molecule is CC1CC(=O)NN1c1ccc(CCN)cc1. The van der Waals surface area contributed by atoms with Crippen molar-refractivity contribution in [1.29, 1.82) is 0 Å². The number of benzene rings is 1. The van der Waals surface area contributed by atoms with Crippen LogP contribution in [0, 0.1) is 0 Å². The fourth-order valence-corrected chi connectivity index (χ4v) is 1.96. The second-order valence-electron chi connectivity index (χ2n) is 4.16. The van der Waals surface area contributed by atoms with Gasteiger partial charge in [0, 0.05) is 0 Å². The fourth-order valence-electron chi connectivity index (χ4n) is 1.96. The molecule has 4 heteroatoms. The molecule has 2 rings (SSSR count). The molecule has 0 aromatic heterocycles. The summed E-state index contributed by atoms with van der Waals surface area (Å²) in [5, 5.41) is 1.91. The van der Waals surface area contributed by atoms with Gasteiger partial charge in [-0.3, -0.25) is 15.2 Å². The van der Waals surface area contributed by atoms with Crippen LogP contribution in [0.1, 0.15) is 18.9 Å². The van der Waals surface area contributed by atoms with E-state index in [1.807, 2.05) is 24.1 Å². The summed E-state index contributed by atoms with van der Waals surface area (Å²) in [6, 6.07) is 8.37. The maximum Gasteiger partial charge on any atom is 0.240 e. The second kappa shape index (κ2) is 4.53. The number of hydrazine groups is 1. The summed E-state index contributed by atoms with van der Waals surface area (Å²) < 4.78 is 0. The van der Waals surface area contributed by atoms with Crippen LogP contribution in [0.2, 0.25) is 0 Å². The van der Waals surface area contributed by atoms with Gasteiger partial charge in [0.2, 0.25) is 5.91 Å². The van der Waals surface area contributed by atoms with Crippen molar-refractivity contribution in [2.45, 2.75) is 25.8 Å². The van der Waals surface area contributed by atoms with Crippen LogP contribution in [0.15, 0.2) is 24.3 Å². The van der Waals surface area contributed by atoms with Gasteiger partial charge in [-0.05, 0) is 37.6 Å². The Morgan fingerprint density at radius 3 is 2.62 bits per heavy atom. The van der Waals surface area contributed by atoms with Crippen molar-refractivity contribution in [1.82, 2.24) is 5.43 Å². The fraction of sp³-hybridized carbons (Fsp3) is 0.417. The molecule has 0 bridgehead atoms. The van der Waals surface area contributed by atoms with Crippen LogP contribution < -0.4 is 16.2 Å². The standard InChI is InChI=1S/C12H17N3O/c1-9-8-12(16)14-15(9)11-4-2-10(3-5-11)6-7-13/h2-5,9H,6-8,13H2,1H3,(H,14,16). The first-order valence-corrected chi connectivity index (χ1v) is 5.58. The lowest BCUT2D eigenvalue weighted by molar-refractivity contribution is -0.119. The molecule has 1 amide bonds. The first kappa shape index (κ1) is 11.0. The lowest BCUT2D eigenvalue weighted by Crippen LogP contribution is -2.36. The van der Waals surface area contributed by atoms with Crippen LogP contribution in [-0.2, 0) is 11.2 Å². The second-order valence-corrected chi connectivity index (χ2v) is 4.16. The van der Waals surface area contributed by atoms with E-state index >= 15 is 0 Å². The normalized spacial score (nSPS) is 20.0. The van der Waals surface area contributed by atoms with Crippen LogP contribution in [0.3, 0.4) is 0 Å². The molecular weight excluding hydrogens is 202 g/mol. The zero-order valence-corrected chi connectivity index (χ0v) is 9.44. The molecule has 0 spiro atoms. The Hall–Kier alpha value is -1.55. The first-order chi connectivity index (χ1) is 7.70. The van der Waals surface area contributed by atoms with E-state index in [4.69, 9.17) is 5.73 Å². The van der Waals surface area contributed by atoms with Gasteiger partial charge in [0.1, 0.15) is 0 Å². The van der Waals surface area contributed by atoms with Crippen molar-refractivity contribution in [3.05, 3.63) is 29.8 Å². The highest BCUT2D eigenvalue weighted by molar-refractivity contribution is 5.82. The summed E-state index contributed by atoms with van der Waals surface area (Å²) in [4.78, 5) is 11.2. The van der Waals surface area contributed by atoms with Gasteiger partial charge in [0.25, 0.3) is 0 Å². The van der Waals surface area contributed by atoms with Crippen LogP contribution in [0.25, 0.3) is 0 Å². The number of carbonyl (C=O) groups is 1. The zero-order valence-electron chi connectivity index (χ0n) is 9.44. The third kappa shape index (κ3) is 2.17. The van der Waals surface area contributed by atoms with E-state index in [1.165, 1.54) is 5.56 Å². The summed E-state index contributed by atoms with van der Waals surface area (Å²) in [6.07, 6.45) is 1.45. The molecule has 1 fully saturated rings. The molecule has 1 unspecified atom stereocenters. The summed E-state index contributed by atoms with van der Waals surface area (Å²) >= 11 is 0. The lowest BCUT2D eigenvalue weighted by atomic mass is 10.1. The third-order valence-electron chi connectivity index (χ3n) is 2.81. The largest absolute Gasteiger partial charge is 0.330 e. The quantitative estimate of drug-likeness (QED) is 0.791. The van der Waals surface area contributed by atoms with Crippen molar-refractivity contribution in [3.8, 4) is 0 Å². The molecule has 1 aliphatic rings. The Balaban J connectivity index is 2.12. The minimum Gasteiger partial charge on any atom is -0.330 e. The van der Waals surface area contributed by atoms with Gasteiger partial charge in [-0.15, -0.1) is 0 Å². The number of amides is 1. The maximum atomic E-state index is 11.2. The van der Waals surface area contributed by atoms with Crippen LogP contribution in [0.4, 0.5) is 5.69 Å². The average molecular weight is 219 g/mol. The summed E-state index contributed by atoms with van der Waals surface area (Å²) in [5.74, 6) is 0.0820. The number of carbonyl (C=O) groups excluding carboxylic acids is 1. The van der Waals surface area contributed by atoms with Gasteiger partial charge >= 0.3 is 0 Å². The molecule has 4 nitrogen and oxygen atoms in total. The average Bonchev–Trinajstić information content (AvgIpc) is 2.59. The number of hydrogen-bond acceptors (Lipinski definition) is 3. The Labute approximate surface area is 95.4 Å². The minimum absolute atomic E-state index is 0.0820. The van der Waals surface area contributed by atoms with Crippen molar-refractivity contribution in [2.75, 3.05) is 11.6 Å². The highest BCUT2D eigenvalue weighted by atomic mass is 16.2. The van der Waals surface area contributed by atoms with Gasteiger partial charge in [0.05, 0.1) is 18.2 Å². The van der Waals surface area contributed by atoms with Crippen LogP contribution in [-0.4, -0.2) is 18.5 Å². The minimum atomic E-state index is 0.0820. The van der Waals surface area contributed by atoms with Gasteiger partial charge in [0.15, 0.2) is 0 Å². The number of nitrogens with one attached hydrogen (secondary N) is 1. The van der Waals surface area contributed by atoms with Gasteiger partial charge in [-0.1, -0.05) is 12.1 Å². The van der Waals surface area contributed by atoms with E-state index in [0.29, 0.717) is 13.0 Å². The third-order valence-corrected chi connectivity index (χ3v) is 2.81. The van der Waals surface area contributed by atoms with Crippen molar-refractivity contribution >= 4 is 11.6 Å². The Kier molecular flexibility index (Phi) is 3.10. The summed E-state index contributed by atoms with van der Waals surface area (Å²) in [7, 11) is 0. The van der Waals surface area contributed by atoms with Gasteiger partial charge < -0.3 is 5.73 Å². The van der Waals surface area contributed by atoms with E-state index in [0.717, 1.165) is 12.1 Å². The van der Waals surface area contributed by atoms with Gasteiger partial charge in [-0.25, -0.2) is 0 Å². The van der Waals surface area contributed by atoms with Crippen LogP contribution >= 0.6 is 0 Å². The molecule has 86 valence electrons. The molecule has 1 atom stereocenters. The van der Waals surface area contributed by atoms with Crippen LogP contribution in [0.5, 0.6) is 0 Å². The molecule has 1 heterocycles. The van der Waals surface area contributed by atoms with E-state index in [9.17, 15) is 4.79 Å². The monoisotopic (exact) mass is 219 g/mol. The Bertz CT molecular complexity index is 374. The van der Waals surface area contributed by atoms with E-state index in [1.54, 1.807) is 0 Å².